The lowest BCUT2D eigenvalue weighted by atomic mass is 10.0. The van der Waals surface area contributed by atoms with Gasteiger partial charge in [-0.05, 0) is 49.9 Å². The first-order valence-electron chi connectivity index (χ1n) is 7.67. The summed E-state index contributed by atoms with van der Waals surface area (Å²) in [6.45, 7) is 10.1. The second-order valence-corrected chi connectivity index (χ2v) is 8.24. The van der Waals surface area contributed by atoms with E-state index in [4.69, 9.17) is 0 Å². The first-order chi connectivity index (χ1) is 9.84. The zero-order valence-corrected chi connectivity index (χ0v) is 14.2. The van der Waals surface area contributed by atoms with Gasteiger partial charge in [-0.15, -0.1) is 0 Å². The first-order valence-corrected chi connectivity index (χ1v) is 9.11. The van der Waals surface area contributed by atoms with Crippen LogP contribution in [0.4, 0.5) is 0 Å². The van der Waals surface area contributed by atoms with Crippen LogP contribution < -0.4 is 5.32 Å². The van der Waals surface area contributed by atoms with Crippen molar-refractivity contribution in [2.75, 3.05) is 13.1 Å². The van der Waals surface area contributed by atoms with Gasteiger partial charge < -0.3 is 5.32 Å². The van der Waals surface area contributed by atoms with E-state index in [0.717, 1.165) is 30.6 Å². The molecule has 0 aliphatic carbocycles. The van der Waals surface area contributed by atoms with Gasteiger partial charge in [0.2, 0.25) is 10.0 Å². The van der Waals surface area contributed by atoms with Crippen molar-refractivity contribution < 1.29 is 8.42 Å². The monoisotopic (exact) mass is 310 g/mol. The highest BCUT2D eigenvalue weighted by Gasteiger charge is 2.30. The van der Waals surface area contributed by atoms with E-state index >= 15 is 0 Å². The van der Waals surface area contributed by atoms with Crippen LogP contribution in [0, 0.1) is 5.92 Å². The zero-order chi connectivity index (χ0) is 15.6. The predicted molar refractivity (Wildman–Crippen MR) is 85.7 cm³/mol. The van der Waals surface area contributed by atoms with Gasteiger partial charge in [-0.25, -0.2) is 8.42 Å². The second-order valence-electron chi connectivity index (χ2n) is 6.38. The van der Waals surface area contributed by atoms with E-state index in [9.17, 15) is 8.42 Å². The van der Waals surface area contributed by atoms with Crippen molar-refractivity contribution >= 4 is 10.0 Å². The van der Waals surface area contributed by atoms with Gasteiger partial charge in [-0.3, -0.25) is 0 Å². The Morgan fingerprint density at radius 3 is 2.57 bits per heavy atom. The largest absolute Gasteiger partial charge is 0.312 e. The predicted octanol–water partition coefficient (Wildman–Crippen LogP) is 2.39. The van der Waals surface area contributed by atoms with E-state index in [-0.39, 0.29) is 6.04 Å². The Hall–Kier alpha value is -0.910. The third kappa shape index (κ3) is 3.47. The van der Waals surface area contributed by atoms with Gasteiger partial charge in [-0.2, -0.15) is 4.31 Å². The molecule has 4 nitrogen and oxygen atoms in total. The van der Waals surface area contributed by atoms with Crippen molar-refractivity contribution in [1.82, 2.24) is 9.62 Å². The molecule has 1 aromatic rings. The van der Waals surface area contributed by atoms with Gasteiger partial charge in [0.1, 0.15) is 0 Å². The minimum Gasteiger partial charge on any atom is -0.312 e. The van der Waals surface area contributed by atoms with Crippen LogP contribution in [-0.2, 0) is 23.0 Å². The Bertz CT molecular complexity index is 594. The molecule has 0 saturated heterocycles. The van der Waals surface area contributed by atoms with E-state index in [2.05, 4.69) is 19.2 Å². The van der Waals surface area contributed by atoms with Gasteiger partial charge in [0.15, 0.2) is 0 Å². The molecule has 0 amide bonds. The molecule has 1 N–H and O–H groups in total. The molecule has 21 heavy (non-hydrogen) atoms. The number of rotatable bonds is 5. The van der Waals surface area contributed by atoms with Gasteiger partial charge in [0.05, 0.1) is 4.90 Å². The lowest BCUT2D eigenvalue weighted by molar-refractivity contribution is 0.318. The lowest BCUT2D eigenvalue weighted by Gasteiger charge is -2.29. The quantitative estimate of drug-likeness (QED) is 0.908. The maximum atomic E-state index is 13.1. The van der Waals surface area contributed by atoms with Crippen LogP contribution in [0.1, 0.15) is 38.8 Å². The van der Waals surface area contributed by atoms with Crippen molar-refractivity contribution in [2.45, 2.75) is 51.6 Å². The van der Waals surface area contributed by atoms with Crippen molar-refractivity contribution in [3.05, 3.63) is 29.3 Å². The number of hydrogen-bond donors (Lipinski definition) is 1. The number of benzene rings is 1. The van der Waals surface area contributed by atoms with Crippen LogP contribution in [-0.4, -0.2) is 31.9 Å². The molecule has 118 valence electrons. The second kappa shape index (κ2) is 6.46. The summed E-state index contributed by atoms with van der Waals surface area (Å²) in [5.74, 6) is 0.309. The molecule has 0 aromatic heterocycles. The highest BCUT2D eigenvalue weighted by atomic mass is 32.2. The van der Waals surface area contributed by atoms with Crippen LogP contribution in [0.3, 0.4) is 0 Å². The van der Waals surface area contributed by atoms with Gasteiger partial charge in [0.25, 0.3) is 0 Å². The third-order valence-electron chi connectivity index (χ3n) is 3.80. The van der Waals surface area contributed by atoms with E-state index in [1.54, 1.807) is 10.4 Å². The Labute approximate surface area is 128 Å². The molecule has 0 fully saturated rings. The number of fused-ring (bicyclic) bond motifs is 1. The Morgan fingerprint density at radius 1 is 1.24 bits per heavy atom. The highest BCUT2D eigenvalue weighted by molar-refractivity contribution is 7.89. The molecular weight excluding hydrogens is 284 g/mol. The minimum atomic E-state index is -3.43. The Morgan fingerprint density at radius 2 is 1.95 bits per heavy atom. The zero-order valence-electron chi connectivity index (χ0n) is 13.4. The van der Waals surface area contributed by atoms with Crippen molar-refractivity contribution in [2.24, 2.45) is 5.92 Å². The summed E-state index contributed by atoms with van der Waals surface area (Å²) in [5.41, 5.74) is 2.10. The maximum absolute atomic E-state index is 13.1. The fourth-order valence-electron chi connectivity index (χ4n) is 2.81. The molecule has 1 aromatic carbocycles. The summed E-state index contributed by atoms with van der Waals surface area (Å²) in [5, 5.41) is 3.30. The highest BCUT2D eigenvalue weighted by Crippen LogP contribution is 2.27. The molecule has 0 saturated carbocycles. The molecule has 0 atom stereocenters. The SMILES string of the molecule is CC(C)CN(C(C)C)S(=O)(=O)c1cccc2c1CCNC2. The number of nitrogens with one attached hydrogen (secondary N) is 1. The summed E-state index contributed by atoms with van der Waals surface area (Å²) < 4.78 is 27.8. The van der Waals surface area contributed by atoms with Crippen molar-refractivity contribution in [1.29, 1.82) is 0 Å². The molecule has 5 heteroatoms. The number of nitrogens with zero attached hydrogens (tertiary/aromatic N) is 1. The van der Waals surface area contributed by atoms with E-state index in [0.29, 0.717) is 17.4 Å². The fraction of sp³-hybridized carbons (Fsp3) is 0.625. The first kappa shape index (κ1) is 16.5. The average Bonchev–Trinajstić information content (AvgIpc) is 2.43. The normalized spacial score (nSPS) is 15.8. The summed E-state index contributed by atoms with van der Waals surface area (Å²) in [6.07, 6.45) is 0.776. The molecular formula is C16H26N2O2S. The summed E-state index contributed by atoms with van der Waals surface area (Å²) in [6, 6.07) is 5.60. The smallest absolute Gasteiger partial charge is 0.243 e. The van der Waals surface area contributed by atoms with E-state index in [1.807, 2.05) is 26.0 Å². The van der Waals surface area contributed by atoms with Gasteiger partial charge in [-0.1, -0.05) is 26.0 Å². The molecule has 1 heterocycles. The Balaban J connectivity index is 2.47. The lowest BCUT2D eigenvalue weighted by Crippen LogP contribution is -2.40. The molecule has 0 radical (unpaired) electrons. The van der Waals surface area contributed by atoms with Gasteiger partial charge in [0, 0.05) is 19.1 Å². The molecule has 0 spiro atoms. The van der Waals surface area contributed by atoms with Crippen LogP contribution >= 0.6 is 0 Å². The van der Waals surface area contributed by atoms with E-state index in [1.165, 1.54) is 0 Å². The van der Waals surface area contributed by atoms with Crippen LogP contribution in [0.25, 0.3) is 0 Å². The van der Waals surface area contributed by atoms with Gasteiger partial charge >= 0.3 is 0 Å². The molecule has 1 aliphatic heterocycles. The van der Waals surface area contributed by atoms with E-state index < -0.39 is 10.0 Å². The minimum absolute atomic E-state index is 0.0324. The maximum Gasteiger partial charge on any atom is 0.243 e. The third-order valence-corrected chi connectivity index (χ3v) is 5.93. The Kier molecular flexibility index (Phi) is 5.07. The van der Waals surface area contributed by atoms with Crippen LogP contribution in [0.15, 0.2) is 23.1 Å². The summed E-state index contributed by atoms with van der Waals surface area (Å²) in [4.78, 5) is 0.496. The van der Waals surface area contributed by atoms with Crippen molar-refractivity contribution in [3.8, 4) is 0 Å². The molecule has 1 aliphatic rings. The van der Waals surface area contributed by atoms with Crippen molar-refractivity contribution in [3.63, 3.8) is 0 Å². The summed E-state index contributed by atoms with van der Waals surface area (Å²) in [7, 11) is -3.43. The molecule has 0 bridgehead atoms. The average molecular weight is 310 g/mol. The standard InChI is InChI=1S/C16H26N2O2S/c1-12(2)11-18(13(3)4)21(19,20)16-7-5-6-14-10-17-9-8-15(14)16/h5-7,12-13,17H,8-11H2,1-4H3. The number of sulfonamides is 1. The fourth-order valence-corrected chi connectivity index (χ4v) is 4.91. The number of hydrogen-bond acceptors (Lipinski definition) is 3. The van der Waals surface area contributed by atoms with Crippen LogP contribution in [0.2, 0.25) is 0 Å². The molecule has 2 rings (SSSR count). The molecule has 0 unspecified atom stereocenters. The van der Waals surface area contributed by atoms with Crippen LogP contribution in [0.5, 0.6) is 0 Å². The topological polar surface area (TPSA) is 49.4 Å². The summed E-state index contributed by atoms with van der Waals surface area (Å²) >= 11 is 0.